The van der Waals surface area contributed by atoms with Crippen molar-refractivity contribution in [2.75, 3.05) is 20.2 Å². The highest BCUT2D eigenvalue weighted by Gasteiger charge is 2.35. The molecule has 2 aliphatic rings. The van der Waals surface area contributed by atoms with Gasteiger partial charge < -0.3 is 10.5 Å². The third-order valence-corrected chi connectivity index (χ3v) is 5.14. The van der Waals surface area contributed by atoms with Crippen LogP contribution in [0.15, 0.2) is 18.2 Å². The van der Waals surface area contributed by atoms with Crippen molar-refractivity contribution in [1.29, 1.82) is 0 Å². The van der Waals surface area contributed by atoms with Crippen molar-refractivity contribution in [3.05, 3.63) is 29.6 Å². The zero-order chi connectivity index (χ0) is 14.8. The molecule has 1 saturated heterocycles. The highest BCUT2D eigenvalue weighted by atomic mass is 19.1. The number of likely N-dealkylation sites (tertiary alicyclic amines) is 1. The lowest BCUT2D eigenvalue weighted by molar-refractivity contribution is 0.106. The number of methoxy groups -OCH3 is 1. The molecule has 116 valence electrons. The van der Waals surface area contributed by atoms with E-state index in [1.54, 1.807) is 6.07 Å². The van der Waals surface area contributed by atoms with Crippen molar-refractivity contribution in [1.82, 2.24) is 4.90 Å². The maximum absolute atomic E-state index is 13.8. The van der Waals surface area contributed by atoms with Crippen LogP contribution in [-0.2, 0) is 0 Å². The zero-order valence-electron chi connectivity index (χ0n) is 12.7. The third-order valence-electron chi connectivity index (χ3n) is 5.14. The van der Waals surface area contributed by atoms with Crippen molar-refractivity contribution in [2.24, 2.45) is 11.7 Å². The number of halogens is 1. The highest BCUT2D eigenvalue weighted by Crippen LogP contribution is 2.37. The Morgan fingerprint density at radius 1 is 1.33 bits per heavy atom. The molecule has 3 rings (SSSR count). The van der Waals surface area contributed by atoms with E-state index in [-0.39, 0.29) is 17.6 Å². The van der Waals surface area contributed by atoms with E-state index < -0.39 is 0 Å². The van der Waals surface area contributed by atoms with Gasteiger partial charge in [-0.05, 0) is 55.8 Å². The van der Waals surface area contributed by atoms with Crippen molar-refractivity contribution in [3.8, 4) is 5.75 Å². The van der Waals surface area contributed by atoms with Crippen molar-refractivity contribution < 1.29 is 9.13 Å². The summed E-state index contributed by atoms with van der Waals surface area (Å²) in [6, 6.07) is 5.62. The van der Waals surface area contributed by atoms with Gasteiger partial charge in [0.15, 0.2) is 11.6 Å². The maximum Gasteiger partial charge on any atom is 0.165 e. The van der Waals surface area contributed by atoms with Gasteiger partial charge in [-0.1, -0.05) is 12.5 Å². The van der Waals surface area contributed by atoms with Crippen molar-refractivity contribution in [3.63, 3.8) is 0 Å². The van der Waals surface area contributed by atoms with E-state index in [1.165, 1.54) is 45.3 Å². The van der Waals surface area contributed by atoms with Crippen LogP contribution in [0, 0.1) is 11.7 Å². The fourth-order valence-electron chi connectivity index (χ4n) is 4.06. The molecule has 0 spiro atoms. The van der Waals surface area contributed by atoms with Gasteiger partial charge in [-0.3, -0.25) is 4.90 Å². The SMILES string of the molecule is COc1ccc(C(N)CN2CCCC3CCCC32)cc1F. The second-order valence-corrected chi connectivity index (χ2v) is 6.40. The first-order valence-corrected chi connectivity index (χ1v) is 8.02. The quantitative estimate of drug-likeness (QED) is 0.926. The van der Waals surface area contributed by atoms with E-state index in [2.05, 4.69) is 4.90 Å². The Morgan fingerprint density at radius 2 is 2.14 bits per heavy atom. The molecule has 1 aliphatic carbocycles. The average Bonchev–Trinajstić information content (AvgIpc) is 2.96. The molecule has 1 aromatic carbocycles. The molecule has 0 aromatic heterocycles. The monoisotopic (exact) mass is 292 g/mol. The van der Waals surface area contributed by atoms with Gasteiger partial charge in [0.05, 0.1) is 7.11 Å². The summed E-state index contributed by atoms with van der Waals surface area (Å²) in [6.45, 7) is 1.96. The van der Waals surface area contributed by atoms with Crippen LogP contribution in [0.3, 0.4) is 0 Å². The van der Waals surface area contributed by atoms with Gasteiger partial charge in [-0.25, -0.2) is 4.39 Å². The molecule has 3 unspecified atom stereocenters. The summed E-state index contributed by atoms with van der Waals surface area (Å²) in [4.78, 5) is 2.54. The van der Waals surface area contributed by atoms with Crippen LogP contribution in [0.1, 0.15) is 43.7 Å². The predicted molar refractivity (Wildman–Crippen MR) is 81.8 cm³/mol. The Morgan fingerprint density at radius 3 is 2.90 bits per heavy atom. The van der Waals surface area contributed by atoms with E-state index >= 15 is 0 Å². The van der Waals surface area contributed by atoms with Crippen molar-refractivity contribution >= 4 is 0 Å². The molecule has 1 saturated carbocycles. The molecule has 0 bridgehead atoms. The zero-order valence-corrected chi connectivity index (χ0v) is 12.7. The Bertz CT molecular complexity index is 494. The number of ether oxygens (including phenoxy) is 1. The first-order valence-electron chi connectivity index (χ1n) is 8.02. The lowest BCUT2D eigenvalue weighted by atomic mass is 9.91. The van der Waals surface area contributed by atoms with Crippen LogP contribution in [-0.4, -0.2) is 31.1 Å². The summed E-state index contributed by atoms with van der Waals surface area (Å²) >= 11 is 0. The highest BCUT2D eigenvalue weighted by molar-refractivity contribution is 5.31. The molecule has 2 fully saturated rings. The molecule has 0 radical (unpaired) electrons. The van der Waals surface area contributed by atoms with Crippen LogP contribution in [0.2, 0.25) is 0 Å². The Kier molecular flexibility index (Phi) is 4.45. The lowest BCUT2D eigenvalue weighted by Gasteiger charge is -2.39. The first-order chi connectivity index (χ1) is 10.2. The summed E-state index contributed by atoms with van der Waals surface area (Å²) in [6.07, 6.45) is 6.65. The largest absolute Gasteiger partial charge is 0.494 e. The van der Waals surface area contributed by atoms with Crippen LogP contribution in [0.4, 0.5) is 4.39 Å². The smallest absolute Gasteiger partial charge is 0.165 e. The van der Waals surface area contributed by atoms with Crippen LogP contribution in [0.5, 0.6) is 5.75 Å². The molecule has 1 heterocycles. The maximum atomic E-state index is 13.8. The predicted octanol–water partition coefficient (Wildman–Crippen LogP) is 3.10. The minimum atomic E-state index is -0.331. The van der Waals surface area contributed by atoms with Crippen LogP contribution >= 0.6 is 0 Å². The molecule has 2 N–H and O–H groups in total. The number of benzene rings is 1. The first kappa shape index (κ1) is 14.8. The average molecular weight is 292 g/mol. The third kappa shape index (κ3) is 3.06. The van der Waals surface area contributed by atoms with Gasteiger partial charge in [0.25, 0.3) is 0 Å². The molecular formula is C17H25FN2O. The molecule has 4 heteroatoms. The fraction of sp³-hybridized carbons (Fsp3) is 0.647. The summed E-state index contributed by atoms with van der Waals surface area (Å²) in [5.74, 6) is 0.807. The van der Waals surface area contributed by atoms with Gasteiger partial charge in [0, 0.05) is 18.6 Å². The molecular weight excluding hydrogens is 267 g/mol. The van der Waals surface area contributed by atoms with Gasteiger partial charge in [-0.2, -0.15) is 0 Å². The van der Waals surface area contributed by atoms with E-state index in [1.807, 2.05) is 6.07 Å². The summed E-state index contributed by atoms with van der Waals surface area (Å²) in [7, 11) is 1.48. The molecule has 21 heavy (non-hydrogen) atoms. The molecule has 1 aliphatic heterocycles. The molecule has 0 amide bonds. The minimum Gasteiger partial charge on any atom is -0.494 e. The second kappa shape index (κ2) is 6.32. The number of hydrogen-bond acceptors (Lipinski definition) is 3. The van der Waals surface area contributed by atoms with Gasteiger partial charge in [0.2, 0.25) is 0 Å². The summed E-state index contributed by atoms with van der Waals surface area (Å²) in [5.41, 5.74) is 7.17. The van der Waals surface area contributed by atoms with Gasteiger partial charge >= 0.3 is 0 Å². The normalized spacial score (nSPS) is 27.4. The number of fused-ring (bicyclic) bond motifs is 1. The van der Waals surface area contributed by atoms with E-state index in [0.29, 0.717) is 6.04 Å². The van der Waals surface area contributed by atoms with Gasteiger partial charge in [-0.15, -0.1) is 0 Å². The van der Waals surface area contributed by atoms with E-state index in [0.717, 1.165) is 24.6 Å². The standard InChI is InChI=1S/C17H25FN2O/c1-21-17-8-7-13(10-14(17)18)15(19)11-20-9-3-5-12-4-2-6-16(12)20/h7-8,10,12,15-16H,2-6,9,11,19H2,1H3. The number of rotatable bonds is 4. The summed E-state index contributed by atoms with van der Waals surface area (Å²) < 4.78 is 18.8. The fourth-order valence-corrected chi connectivity index (χ4v) is 4.06. The van der Waals surface area contributed by atoms with Gasteiger partial charge in [0.1, 0.15) is 0 Å². The van der Waals surface area contributed by atoms with Crippen molar-refractivity contribution in [2.45, 2.75) is 44.2 Å². The van der Waals surface area contributed by atoms with Crippen LogP contribution < -0.4 is 10.5 Å². The van der Waals surface area contributed by atoms with E-state index in [9.17, 15) is 4.39 Å². The number of hydrogen-bond donors (Lipinski definition) is 1. The molecule has 1 aromatic rings. The number of piperidine rings is 1. The second-order valence-electron chi connectivity index (χ2n) is 6.40. The minimum absolute atomic E-state index is 0.134. The topological polar surface area (TPSA) is 38.5 Å². The number of nitrogens with zero attached hydrogens (tertiary/aromatic N) is 1. The van der Waals surface area contributed by atoms with E-state index in [4.69, 9.17) is 10.5 Å². The Labute approximate surface area is 126 Å². The number of nitrogens with two attached hydrogens (primary N) is 1. The molecule has 3 atom stereocenters. The lowest BCUT2D eigenvalue weighted by Crippen LogP contribution is -2.45. The summed E-state index contributed by atoms with van der Waals surface area (Å²) in [5, 5.41) is 0. The van der Waals surface area contributed by atoms with Crippen LogP contribution in [0.25, 0.3) is 0 Å². The Hall–Kier alpha value is -1.13. The Balaban J connectivity index is 1.68. The molecule has 3 nitrogen and oxygen atoms in total.